The molecular weight excluding hydrogens is 176 g/mol. The van der Waals surface area contributed by atoms with E-state index in [1.165, 1.54) is 6.42 Å². The Balaban J connectivity index is 1.68. The lowest BCUT2D eigenvalue weighted by atomic mass is 10.0. The summed E-state index contributed by atoms with van der Waals surface area (Å²) in [5, 5.41) is 6.88. The highest BCUT2D eigenvalue weighted by molar-refractivity contribution is 4.97. The van der Waals surface area contributed by atoms with Crippen LogP contribution in [0.1, 0.15) is 19.1 Å². The van der Waals surface area contributed by atoms with Crippen LogP contribution in [0.4, 0.5) is 0 Å². The molecule has 1 aliphatic rings. The maximum atomic E-state index is 5.25. The van der Waals surface area contributed by atoms with Crippen molar-refractivity contribution in [1.82, 2.24) is 10.6 Å². The smallest absolute Gasteiger partial charge is 0.117 e. The Labute approximate surface area is 84.9 Å². The van der Waals surface area contributed by atoms with Crippen LogP contribution < -0.4 is 10.6 Å². The number of hydrogen-bond donors (Lipinski definition) is 2. The third kappa shape index (κ3) is 2.36. The molecule has 1 aromatic rings. The van der Waals surface area contributed by atoms with Crippen LogP contribution in [0, 0.1) is 5.92 Å². The second-order valence-corrected chi connectivity index (χ2v) is 4.00. The second kappa shape index (κ2) is 4.62. The van der Waals surface area contributed by atoms with Gasteiger partial charge in [-0.1, -0.05) is 0 Å². The number of rotatable bonds is 4. The van der Waals surface area contributed by atoms with Gasteiger partial charge < -0.3 is 15.1 Å². The third-order valence-electron chi connectivity index (χ3n) is 2.97. The maximum absolute atomic E-state index is 5.25. The predicted octanol–water partition coefficient (Wildman–Crippen LogP) is 1.37. The van der Waals surface area contributed by atoms with Crippen LogP contribution in [0.25, 0.3) is 0 Å². The van der Waals surface area contributed by atoms with Crippen LogP contribution in [0.2, 0.25) is 0 Å². The predicted molar refractivity (Wildman–Crippen MR) is 56.0 cm³/mol. The summed E-state index contributed by atoms with van der Waals surface area (Å²) >= 11 is 0. The van der Waals surface area contributed by atoms with E-state index in [9.17, 15) is 0 Å². The molecule has 2 atom stereocenters. The second-order valence-electron chi connectivity index (χ2n) is 4.00. The topological polar surface area (TPSA) is 37.2 Å². The molecular formula is C11H18N2O. The summed E-state index contributed by atoms with van der Waals surface area (Å²) in [5.41, 5.74) is 0. The molecule has 3 nitrogen and oxygen atoms in total. The van der Waals surface area contributed by atoms with Crippen LogP contribution in [0.5, 0.6) is 0 Å². The fourth-order valence-corrected chi connectivity index (χ4v) is 1.99. The SMILES string of the molecule is CC1NCCC1CNCc1ccco1. The minimum absolute atomic E-state index is 0.652. The quantitative estimate of drug-likeness (QED) is 0.760. The van der Waals surface area contributed by atoms with Gasteiger partial charge >= 0.3 is 0 Å². The van der Waals surface area contributed by atoms with E-state index in [-0.39, 0.29) is 0 Å². The van der Waals surface area contributed by atoms with E-state index in [0.29, 0.717) is 6.04 Å². The van der Waals surface area contributed by atoms with Crippen LogP contribution in [-0.4, -0.2) is 19.1 Å². The summed E-state index contributed by atoms with van der Waals surface area (Å²) in [5.74, 6) is 1.79. The minimum atomic E-state index is 0.652. The molecule has 78 valence electrons. The van der Waals surface area contributed by atoms with Crippen molar-refractivity contribution in [2.24, 2.45) is 5.92 Å². The highest BCUT2D eigenvalue weighted by atomic mass is 16.3. The van der Waals surface area contributed by atoms with Crippen LogP contribution in [0.3, 0.4) is 0 Å². The van der Waals surface area contributed by atoms with E-state index >= 15 is 0 Å². The molecule has 0 amide bonds. The molecule has 0 aromatic carbocycles. The number of nitrogens with one attached hydrogen (secondary N) is 2. The first-order valence-corrected chi connectivity index (χ1v) is 5.33. The molecule has 0 bridgehead atoms. The molecule has 1 saturated heterocycles. The molecule has 1 aliphatic heterocycles. The molecule has 2 unspecified atom stereocenters. The van der Waals surface area contributed by atoms with Gasteiger partial charge in [0.2, 0.25) is 0 Å². The first kappa shape index (κ1) is 9.74. The molecule has 0 aliphatic carbocycles. The largest absolute Gasteiger partial charge is 0.468 e. The van der Waals surface area contributed by atoms with Crippen molar-refractivity contribution in [3.8, 4) is 0 Å². The molecule has 14 heavy (non-hydrogen) atoms. The zero-order valence-electron chi connectivity index (χ0n) is 8.62. The van der Waals surface area contributed by atoms with Gasteiger partial charge in [-0.15, -0.1) is 0 Å². The Morgan fingerprint density at radius 1 is 1.64 bits per heavy atom. The highest BCUT2D eigenvalue weighted by Crippen LogP contribution is 2.13. The lowest BCUT2D eigenvalue weighted by Gasteiger charge is -2.14. The Kier molecular flexibility index (Phi) is 3.22. The van der Waals surface area contributed by atoms with Gasteiger partial charge in [0.05, 0.1) is 12.8 Å². The van der Waals surface area contributed by atoms with Crippen molar-refractivity contribution >= 4 is 0 Å². The fourth-order valence-electron chi connectivity index (χ4n) is 1.99. The Bertz CT molecular complexity index is 258. The molecule has 2 N–H and O–H groups in total. The average molecular weight is 194 g/mol. The standard InChI is InChI=1S/C11H18N2O/c1-9-10(4-5-13-9)7-12-8-11-3-2-6-14-11/h2-3,6,9-10,12-13H,4-5,7-8H2,1H3. The first-order chi connectivity index (χ1) is 6.86. The summed E-state index contributed by atoms with van der Waals surface area (Å²) in [4.78, 5) is 0. The lowest BCUT2D eigenvalue weighted by Crippen LogP contribution is -2.30. The molecule has 0 saturated carbocycles. The third-order valence-corrected chi connectivity index (χ3v) is 2.97. The summed E-state index contributed by atoms with van der Waals surface area (Å²) in [6.07, 6.45) is 3.00. The van der Waals surface area contributed by atoms with E-state index in [1.807, 2.05) is 12.1 Å². The van der Waals surface area contributed by atoms with E-state index in [2.05, 4.69) is 17.6 Å². The van der Waals surface area contributed by atoms with Crippen molar-refractivity contribution in [3.63, 3.8) is 0 Å². The monoisotopic (exact) mass is 194 g/mol. The van der Waals surface area contributed by atoms with Crippen LogP contribution in [-0.2, 0) is 6.54 Å². The number of hydrogen-bond acceptors (Lipinski definition) is 3. The van der Waals surface area contributed by atoms with Gasteiger partial charge in [0.1, 0.15) is 5.76 Å². The van der Waals surface area contributed by atoms with E-state index < -0.39 is 0 Å². The molecule has 2 rings (SSSR count). The van der Waals surface area contributed by atoms with Crippen LogP contribution in [0.15, 0.2) is 22.8 Å². The Morgan fingerprint density at radius 3 is 3.21 bits per heavy atom. The average Bonchev–Trinajstić information content (AvgIpc) is 2.78. The van der Waals surface area contributed by atoms with Gasteiger partial charge in [-0.2, -0.15) is 0 Å². The van der Waals surface area contributed by atoms with Crippen molar-refractivity contribution < 1.29 is 4.42 Å². The zero-order chi connectivity index (χ0) is 9.80. The van der Waals surface area contributed by atoms with Crippen molar-refractivity contribution in [3.05, 3.63) is 24.2 Å². The highest BCUT2D eigenvalue weighted by Gasteiger charge is 2.21. The summed E-state index contributed by atoms with van der Waals surface area (Å²) in [6, 6.07) is 4.58. The first-order valence-electron chi connectivity index (χ1n) is 5.33. The lowest BCUT2D eigenvalue weighted by molar-refractivity contribution is 0.417. The zero-order valence-corrected chi connectivity index (χ0v) is 8.62. The Morgan fingerprint density at radius 2 is 2.57 bits per heavy atom. The molecule has 0 radical (unpaired) electrons. The van der Waals surface area contributed by atoms with Gasteiger partial charge in [0.25, 0.3) is 0 Å². The van der Waals surface area contributed by atoms with E-state index in [0.717, 1.165) is 31.3 Å². The minimum Gasteiger partial charge on any atom is -0.468 e. The van der Waals surface area contributed by atoms with E-state index in [4.69, 9.17) is 4.42 Å². The molecule has 3 heteroatoms. The van der Waals surface area contributed by atoms with E-state index in [1.54, 1.807) is 6.26 Å². The summed E-state index contributed by atoms with van der Waals surface area (Å²) < 4.78 is 5.25. The van der Waals surface area contributed by atoms with Crippen molar-refractivity contribution in [2.45, 2.75) is 25.9 Å². The van der Waals surface area contributed by atoms with Gasteiger partial charge in [0, 0.05) is 6.04 Å². The molecule has 0 spiro atoms. The van der Waals surface area contributed by atoms with Crippen molar-refractivity contribution in [2.75, 3.05) is 13.1 Å². The van der Waals surface area contributed by atoms with Gasteiger partial charge in [-0.3, -0.25) is 0 Å². The van der Waals surface area contributed by atoms with Gasteiger partial charge in [0.15, 0.2) is 0 Å². The Hall–Kier alpha value is -0.800. The van der Waals surface area contributed by atoms with Crippen LogP contribution >= 0.6 is 0 Å². The summed E-state index contributed by atoms with van der Waals surface area (Å²) in [6.45, 7) is 5.34. The van der Waals surface area contributed by atoms with Crippen molar-refractivity contribution in [1.29, 1.82) is 0 Å². The van der Waals surface area contributed by atoms with Gasteiger partial charge in [-0.25, -0.2) is 0 Å². The maximum Gasteiger partial charge on any atom is 0.117 e. The summed E-state index contributed by atoms with van der Waals surface area (Å²) in [7, 11) is 0. The fraction of sp³-hybridized carbons (Fsp3) is 0.636. The number of furan rings is 1. The van der Waals surface area contributed by atoms with Gasteiger partial charge in [-0.05, 0) is 44.5 Å². The normalized spacial score (nSPS) is 26.9. The molecule has 2 heterocycles. The molecule has 1 aromatic heterocycles. The molecule has 1 fully saturated rings.